The van der Waals surface area contributed by atoms with E-state index in [1.54, 1.807) is 54.5 Å². The van der Waals surface area contributed by atoms with Gasteiger partial charge in [-0.15, -0.1) is 0 Å². The van der Waals surface area contributed by atoms with Crippen LogP contribution in [0.1, 0.15) is 55.6 Å². The standard InChI is InChI=1S/C38H41F2N5O5/c1-49-35-19-18-31(26-36(35)50-32-6-2-3-7-32)44(37-34(45(47)48)9-4-20-41-37)38(46)43-24-22-42(23-25-43)21-5-8-33(27-10-14-29(39)15-11-27)28-12-16-30(40)17-13-28/h4,9-20,26,32-33H,2-3,5-8,21-25H2,1H3. The highest BCUT2D eigenvalue weighted by Gasteiger charge is 2.33. The number of hydrogen-bond acceptors (Lipinski definition) is 7. The highest BCUT2D eigenvalue weighted by molar-refractivity contribution is 6.00. The fraction of sp³-hybridized carbons (Fsp3) is 0.368. The highest BCUT2D eigenvalue weighted by Crippen LogP contribution is 2.39. The third-order valence-electron chi connectivity index (χ3n) is 9.52. The van der Waals surface area contributed by atoms with E-state index in [0.29, 0.717) is 43.4 Å². The maximum absolute atomic E-state index is 14.3. The summed E-state index contributed by atoms with van der Waals surface area (Å²) in [5, 5.41) is 12.1. The number of carbonyl (C=O) groups excluding carboxylic acids is 1. The number of nitrogens with zero attached hydrogens (tertiary/aromatic N) is 5. The number of carbonyl (C=O) groups is 1. The van der Waals surface area contributed by atoms with Crippen LogP contribution in [-0.2, 0) is 0 Å². The lowest BCUT2D eigenvalue weighted by molar-refractivity contribution is -0.384. The fourth-order valence-corrected chi connectivity index (χ4v) is 6.85. The first-order valence-corrected chi connectivity index (χ1v) is 17.1. The average molecular weight is 686 g/mol. The van der Waals surface area contributed by atoms with Crippen LogP contribution in [0, 0.1) is 21.7 Å². The minimum Gasteiger partial charge on any atom is -0.493 e. The molecule has 0 atom stereocenters. The molecule has 0 spiro atoms. The van der Waals surface area contributed by atoms with E-state index in [4.69, 9.17) is 9.47 Å². The van der Waals surface area contributed by atoms with E-state index < -0.39 is 11.0 Å². The van der Waals surface area contributed by atoms with E-state index >= 15 is 0 Å². The zero-order valence-electron chi connectivity index (χ0n) is 28.0. The van der Waals surface area contributed by atoms with Gasteiger partial charge in [0.2, 0.25) is 5.82 Å². The maximum Gasteiger partial charge on any atom is 0.330 e. The average Bonchev–Trinajstić information content (AvgIpc) is 3.65. The van der Waals surface area contributed by atoms with Crippen molar-refractivity contribution in [2.75, 3.05) is 44.7 Å². The molecule has 0 unspecified atom stereocenters. The minimum atomic E-state index is -0.537. The van der Waals surface area contributed by atoms with Crippen LogP contribution in [0.2, 0.25) is 0 Å². The Kier molecular flexibility index (Phi) is 11.2. The Morgan fingerprint density at radius 2 is 1.58 bits per heavy atom. The molecule has 0 N–H and O–H groups in total. The first-order valence-electron chi connectivity index (χ1n) is 17.1. The molecule has 2 aliphatic rings. The zero-order chi connectivity index (χ0) is 35.0. The first-order chi connectivity index (χ1) is 24.3. The normalized spacial score (nSPS) is 15.3. The van der Waals surface area contributed by atoms with E-state index in [1.807, 2.05) is 0 Å². The first kappa shape index (κ1) is 34.8. The number of aromatic nitrogens is 1. The molecule has 6 rings (SSSR count). The quantitative estimate of drug-likeness (QED) is 0.110. The molecule has 262 valence electrons. The van der Waals surface area contributed by atoms with Crippen LogP contribution in [-0.4, -0.2) is 71.7 Å². The Bertz CT molecular complexity index is 1720. The number of halogens is 2. The molecule has 1 aliphatic carbocycles. The molecule has 12 heteroatoms. The van der Waals surface area contributed by atoms with Crippen molar-refractivity contribution in [1.29, 1.82) is 0 Å². The Hall–Kier alpha value is -5.10. The van der Waals surface area contributed by atoms with Crippen molar-refractivity contribution >= 4 is 23.2 Å². The van der Waals surface area contributed by atoms with Crippen LogP contribution in [0.15, 0.2) is 85.1 Å². The summed E-state index contributed by atoms with van der Waals surface area (Å²) in [5.41, 5.74) is 2.03. The number of pyridine rings is 1. The number of ether oxygens (including phenoxy) is 2. The van der Waals surface area contributed by atoms with E-state index in [-0.39, 0.29) is 35.2 Å². The van der Waals surface area contributed by atoms with Gasteiger partial charge in [-0.05, 0) is 98.7 Å². The van der Waals surface area contributed by atoms with Crippen molar-refractivity contribution in [1.82, 2.24) is 14.8 Å². The van der Waals surface area contributed by atoms with Gasteiger partial charge in [0.25, 0.3) is 0 Å². The molecular formula is C38H41F2N5O5. The van der Waals surface area contributed by atoms with Gasteiger partial charge in [0.15, 0.2) is 11.5 Å². The second-order valence-electron chi connectivity index (χ2n) is 12.7. The Morgan fingerprint density at radius 3 is 2.18 bits per heavy atom. The van der Waals surface area contributed by atoms with Crippen LogP contribution in [0.3, 0.4) is 0 Å². The van der Waals surface area contributed by atoms with Gasteiger partial charge in [-0.2, -0.15) is 0 Å². The molecular weight excluding hydrogens is 644 g/mol. The van der Waals surface area contributed by atoms with Crippen LogP contribution in [0.25, 0.3) is 0 Å². The van der Waals surface area contributed by atoms with Crippen LogP contribution in [0.5, 0.6) is 11.5 Å². The topological polar surface area (TPSA) is 101 Å². The van der Waals surface area contributed by atoms with Crippen molar-refractivity contribution in [2.45, 2.75) is 50.5 Å². The SMILES string of the molecule is COc1ccc(N(C(=O)N2CCN(CCCC(c3ccc(F)cc3)c3ccc(F)cc3)CC2)c2ncccc2[N+](=O)[O-])cc1OC1CCCC1. The molecule has 1 saturated carbocycles. The number of benzene rings is 3. The van der Waals surface area contributed by atoms with E-state index in [9.17, 15) is 23.7 Å². The number of piperazine rings is 1. The van der Waals surface area contributed by atoms with Crippen molar-refractivity contribution in [2.24, 2.45) is 0 Å². The molecule has 4 aromatic rings. The molecule has 10 nitrogen and oxygen atoms in total. The monoisotopic (exact) mass is 685 g/mol. The zero-order valence-corrected chi connectivity index (χ0v) is 28.0. The lowest BCUT2D eigenvalue weighted by Gasteiger charge is -2.37. The number of urea groups is 1. The van der Waals surface area contributed by atoms with E-state index in [2.05, 4.69) is 9.88 Å². The van der Waals surface area contributed by atoms with E-state index in [1.165, 1.54) is 47.5 Å². The van der Waals surface area contributed by atoms with Gasteiger partial charge in [0, 0.05) is 50.4 Å². The molecule has 2 amide bonds. The Balaban J connectivity index is 1.16. The van der Waals surface area contributed by atoms with Gasteiger partial charge in [-0.3, -0.25) is 15.0 Å². The van der Waals surface area contributed by atoms with Crippen molar-refractivity contribution < 1.29 is 28.0 Å². The minimum absolute atomic E-state index is 0.0196. The van der Waals surface area contributed by atoms with Gasteiger partial charge in [-0.25, -0.2) is 23.5 Å². The fourth-order valence-electron chi connectivity index (χ4n) is 6.85. The molecule has 0 bridgehead atoms. The van der Waals surface area contributed by atoms with Gasteiger partial charge < -0.3 is 14.4 Å². The predicted molar refractivity (Wildman–Crippen MR) is 186 cm³/mol. The molecule has 1 saturated heterocycles. The number of anilines is 2. The Morgan fingerprint density at radius 1 is 0.940 bits per heavy atom. The maximum atomic E-state index is 14.3. The molecule has 0 radical (unpaired) electrons. The molecule has 2 fully saturated rings. The molecule has 1 aliphatic heterocycles. The van der Waals surface area contributed by atoms with Gasteiger partial charge >= 0.3 is 11.7 Å². The summed E-state index contributed by atoms with van der Waals surface area (Å²) >= 11 is 0. The molecule has 2 heterocycles. The second kappa shape index (κ2) is 16.1. The Labute approximate surface area is 290 Å². The summed E-state index contributed by atoms with van der Waals surface area (Å²) in [7, 11) is 1.55. The smallest absolute Gasteiger partial charge is 0.330 e. The van der Waals surface area contributed by atoms with Gasteiger partial charge in [0.05, 0.1) is 23.8 Å². The highest BCUT2D eigenvalue weighted by atomic mass is 19.1. The summed E-state index contributed by atoms with van der Waals surface area (Å²) in [6.07, 6.45) is 7.06. The molecule has 50 heavy (non-hydrogen) atoms. The lowest BCUT2D eigenvalue weighted by Crippen LogP contribution is -2.52. The molecule has 3 aromatic carbocycles. The summed E-state index contributed by atoms with van der Waals surface area (Å²) in [5.74, 6) is 0.277. The number of nitro groups is 1. The number of amides is 2. The number of rotatable bonds is 12. The molecule has 1 aromatic heterocycles. The lowest BCUT2D eigenvalue weighted by atomic mass is 9.87. The van der Waals surface area contributed by atoms with Crippen LogP contribution >= 0.6 is 0 Å². The van der Waals surface area contributed by atoms with Crippen LogP contribution < -0.4 is 14.4 Å². The summed E-state index contributed by atoms with van der Waals surface area (Å²) in [6.45, 7) is 2.82. The van der Waals surface area contributed by atoms with Gasteiger partial charge in [-0.1, -0.05) is 24.3 Å². The van der Waals surface area contributed by atoms with Crippen molar-refractivity contribution in [3.63, 3.8) is 0 Å². The summed E-state index contributed by atoms with van der Waals surface area (Å²) < 4.78 is 39.2. The second-order valence-corrected chi connectivity index (χ2v) is 12.7. The van der Waals surface area contributed by atoms with Gasteiger partial charge in [0.1, 0.15) is 11.6 Å². The summed E-state index contributed by atoms with van der Waals surface area (Å²) in [4.78, 5) is 35.4. The predicted octanol–water partition coefficient (Wildman–Crippen LogP) is 8.09. The number of methoxy groups -OCH3 is 1. The summed E-state index contributed by atoms with van der Waals surface area (Å²) in [6, 6.07) is 20.4. The largest absolute Gasteiger partial charge is 0.493 e. The van der Waals surface area contributed by atoms with Crippen molar-refractivity contribution in [3.05, 3.63) is 118 Å². The van der Waals surface area contributed by atoms with Crippen LogP contribution in [0.4, 0.5) is 30.8 Å². The van der Waals surface area contributed by atoms with E-state index in [0.717, 1.165) is 56.2 Å². The number of hydrogen-bond donors (Lipinski definition) is 0. The third-order valence-corrected chi connectivity index (χ3v) is 9.52. The third kappa shape index (κ3) is 8.19. The van der Waals surface area contributed by atoms with Crippen molar-refractivity contribution in [3.8, 4) is 11.5 Å².